The number of nitrogens with zero attached hydrogens (tertiary/aromatic N) is 2. The fourth-order valence-corrected chi connectivity index (χ4v) is 1.07. The lowest BCUT2D eigenvalue weighted by Crippen LogP contribution is -1.76. The molecule has 0 saturated carbocycles. The summed E-state index contributed by atoms with van der Waals surface area (Å²) < 4.78 is 0. The van der Waals surface area contributed by atoms with Gasteiger partial charge in [-0.05, 0) is 0 Å². The van der Waals surface area contributed by atoms with Crippen LogP contribution >= 0.6 is 0 Å². The number of nitriles is 1. The molecule has 0 atom stereocenters. The summed E-state index contributed by atoms with van der Waals surface area (Å²) in [7, 11) is 0. The van der Waals surface area contributed by atoms with Gasteiger partial charge in [0.25, 0.3) is 0 Å². The Morgan fingerprint density at radius 3 is 3.09 bits per heavy atom. The first-order chi connectivity index (χ1) is 5.42. The van der Waals surface area contributed by atoms with Crippen molar-refractivity contribution in [3.8, 4) is 6.07 Å². The van der Waals surface area contributed by atoms with Crippen LogP contribution in [0.15, 0.2) is 24.8 Å². The molecule has 0 aliphatic heterocycles. The van der Waals surface area contributed by atoms with E-state index in [4.69, 9.17) is 5.26 Å². The fraction of sp³-hybridized carbons (Fsp3) is 0. The van der Waals surface area contributed by atoms with Gasteiger partial charge >= 0.3 is 0 Å². The molecule has 2 heterocycles. The monoisotopic (exact) mass is 143 g/mol. The van der Waals surface area contributed by atoms with Crippen molar-refractivity contribution in [3.05, 3.63) is 30.4 Å². The van der Waals surface area contributed by atoms with Crippen LogP contribution in [0.2, 0.25) is 0 Å². The third-order valence-electron chi connectivity index (χ3n) is 1.61. The lowest BCUT2D eigenvalue weighted by Gasteiger charge is -1.88. The predicted molar refractivity (Wildman–Crippen MR) is 40.8 cm³/mol. The molecular formula is C8H5N3. The molecule has 0 aliphatic rings. The molecule has 3 nitrogen and oxygen atoms in total. The Bertz CT molecular complexity index is 422. The van der Waals surface area contributed by atoms with Crippen LogP contribution in [0.5, 0.6) is 0 Å². The van der Waals surface area contributed by atoms with Crippen LogP contribution in [0.3, 0.4) is 0 Å². The zero-order chi connectivity index (χ0) is 7.68. The Balaban J connectivity index is 2.92. The van der Waals surface area contributed by atoms with Crippen LogP contribution in [0.25, 0.3) is 10.8 Å². The molecule has 2 rings (SSSR count). The lowest BCUT2D eigenvalue weighted by molar-refractivity contribution is 1.34. The zero-order valence-corrected chi connectivity index (χ0v) is 5.70. The molecule has 0 saturated heterocycles. The molecule has 0 amide bonds. The number of hydrogen-bond donors (Lipinski definition) is 1. The SMILES string of the molecule is N#Cc1cncc2c[nH]cc12. The summed E-state index contributed by atoms with van der Waals surface area (Å²) in [5.74, 6) is 0. The molecule has 2 aromatic rings. The zero-order valence-electron chi connectivity index (χ0n) is 5.70. The third kappa shape index (κ3) is 0.767. The smallest absolute Gasteiger partial charge is 0.101 e. The minimum absolute atomic E-state index is 0.615. The van der Waals surface area contributed by atoms with E-state index in [0.717, 1.165) is 10.8 Å². The number of aromatic amines is 1. The number of pyridine rings is 1. The van der Waals surface area contributed by atoms with Gasteiger partial charge in [0.1, 0.15) is 6.07 Å². The van der Waals surface area contributed by atoms with E-state index in [1.54, 1.807) is 18.6 Å². The third-order valence-corrected chi connectivity index (χ3v) is 1.61. The minimum atomic E-state index is 0.615. The van der Waals surface area contributed by atoms with E-state index in [9.17, 15) is 0 Å². The molecule has 0 aliphatic carbocycles. The number of aromatic nitrogens is 2. The van der Waals surface area contributed by atoms with Gasteiger partial charge in [0.2, 0.25) is 0 Å². The summed E-state index contributed by atoms with van der Waals surface area (Å²) in [6.45, 7) is 0. The van der Waals surface area contributed by atoms with E-state index in [0.29, 0.717) is 5.56 Å². The molecular weight excluding hydrogens is 138 g/mol. The Morgan fingerprint density at radius 2 is 2.27 bits per heavy atom. The normalized spacial score (nSPS) is 9.73. The van der Waals surface area contributed by atoms with Crippen molar-refractivity contribution in [2.24, 2.45) is 0 Å². The van der Waals surface area contributed by atoms with Crippen molar-refractivity contribution >= 4 is 10.8 Å². The van der Waals surface area contributed by atoms with Crippen molar-refractivity contribution in [2.75, 3.05) is 0 Å². The van der Waals surface area contributed by atoms with Crippen molar-refractivity contribution in [1.29, 1.82) is 5.26 Å². The van der Waals surface area contributed by atoms with Gasteiger partial charge < -0.3 is 4.98 Å². The summed E-state index contributed by atoms with van der Waals surface area (Å²) in [5, 5.41) is 10.6. The van der Waals surface area contributed by atoms with Crippen LogP contribution < -0.4 is 0 Å². The van der Waals surface area contributed by atoms with Crippen LogP contribution in [0.1, 0.15) is 5.56 Å². The Labute approximate surface area is 63.3 Å². The van der Waals surface area contributed by atoms with Crippen LogP contribution in [0.4, 0.5) is 0 Å². The average molecular weight is 143 g/mol. The maximum atomic E-state index is 8.65. The summed E-state index contributed by atoms with van der Waals surface area (Å²) >= 11 is 0. The Morgan fingerprint density at radius 1 is 1.36 bits per heavy atom. The molecule has 11 heavy (non-hydrogen) atoms. The van der Waals surface area contributed by atoms with E-state index < -0.39 is 0 Å². The number of rotatable bonds is 0. The molecule has 0 radical (unpaired) electrons. The number of fused-ring (bicyclic) bond motifs is 1. The van der Waals surface area contributed by atoms with Gasteiger partial charge in [-0.15, -0.1) is 0 Å². The number of hydrogen-bond acceptors (Lipinski definition) is 2. The van der Waals surface area contributed by atoms with E-state index in [1.807, 2.05) is 6.20 Å². The summed E-state index contributed by atoms with van der Waals surface area (Å²) in [6.07, 6.45) is 6.92. The van der Waals surface area contributed by atoms with Crippen molar-refractivity contribution in [1.82, 2.24) is 9.97 Å². The van der Waals surface area contributed by atoms with Gasteiger partial charge in [0, 0.05) is 35.6 Å². The van der Waals surface area contributed by atoms with E-state index >= 15 is 0 Å². The number of H-pyrrole nitrogens is 1. The fourth-order valence-electron chi connectivity index (χ4n) is 1.07. The van der Waals surface area contributed by atoms with Gasteiger partial charge in [0.15, 0.2) is 0 Å². The Kier molecular flexibility index (Phi) is 1.13. The highest BCUT2D eigenvalue weighted by Gasteiger charge is 1.98. The van der Waals surface area contributed by atoms with E-state index in [1.165, 1.54) is 0 Å². The van der Waals surface area contributed by atoms with Crippen molar-refractivity contribution < 1.29 is 0 Å². The maximum Gasteiger partial charge on any atom is 0.101 e. The molecule has 0 bridgehead atoms. The van der Waals surface area contributed by atoms with Crippen molar-refractivity contribution in [3.63, 3.8) is 0 Å². The summed E-state index contributed by atoms with van der Waals surface area (Å²) in [4.78, 5) is 6.83. The quantitative estimate of drug-likeness (QED) is 0.606. The number of nitrogens with one attached hydrogen (secondary N) is 1. The molecule has 0 spiro atoms. The van der Waals surface area contributed by atoms with E-state index in [-0.39, 0.29) is 0 Å². The van der Waals surface area contributed by atoms with Crippen LogP contribution in [-0.4, -0.2) is 9.97 Å². The highest BCUT2D eigenvalue weighted by Crippen LogP contribution is 2.14. The highest BCUT2D eigenvalue weighted by molar-refractivity contribution is 5.86. The maximum absolute atomic E-state index is 8.65. The highest BCUT2D eigenvalue weighted by atomic mass is 14.7. The van der Waals surface area contributed by atoms with Crippen LogP contribution in [0, 0.1) is 11.3 Å². The molecule has 0 unspecified atom stereocenters. The lowest BCUT2D eigenvalue weighted by atomic mass is 10.2. The van der Waals surface area contributed by atoms with Crippen molar-refractivity contribution in [2.45, 2.75) is 0 Å². The molecule has 2 aromatic heterocycles. The first-order valence-electron chi connectivity index (χ1n) is 3.22. The molecule has 1 N–H and O–H groups in total. The van der Waals surface area contributed by atoms with Gasteiger partial charge in [-0.25, -0.2) is 0 Å². The van der Waals surface area contributed by atoms with Gasteiger partial charge in [-0.2, -0.15) is 5.26 Å². The van der Waals surface area contributed by atoms with Gasteiger partial charge in [-0.1, -0.05) is 0 Å². The molecule has 52 valence electrons. The molecule has 0 fully saturated rings. The van der Waals surface area contributed by atoms with Gasteiger partial charge in [0.05, 0.1) is 5.56 Å². The molecule has 0 aromatic carbocycles. The average Bonchev–Trinajstić information content (AvgIpc) is 2.50. The Hall–Kier alpha value is -1.82. The summed E-state index contributed by atoms with van der Waals surface area (Å²) in [6, 6.07) is 2.07. The second-order valence-corrected chi connectivity index (χ2v) is 2.26. The minimum Gasteiger partial charge on any atom is -0.366 e. The second-order valence-electron chi connectivity index (χ2n) is 2.26. The van der Waals surface area contributed by atoms with Gasteiger partial charge in [-0.3, -0.25) is 4.98 Å². The first kappa shape index (κ1) is 5.93. The molecule has 3 heteroatoms. The topological polar surface area (TPSA) is 52.5 Å². The second kappa shape index (κ2) is 2.10. The summed E-state index contributed by atoms with van der Waals surface area (Å²) in [5.41, 5.74) is 0.615. The standard InChI is InChI=1S/C8H5N3/c9-1-6-2-10-3-7-4-11-5-8(6)7/h2-5,11H. The first-order valence-corrected chi connectivity index (χ1v) is 3.22. The van der Waals surface area contributed by atoms with E-state index in [2.05, 4.69) is 16.0 Å². The van der Waals surface area contributed by atoms with Crippen LogP contribution in [-0.2, 0) is 0 Å². The predicted octanol–water partition coefficient (Wildman–Crippen LogP) is 1.43. The largest absolute Gasteiger partial charge is 0.366 e.